The molecule has 0 fully saturated rings. The number of rotatable bonds is 6. The molecule has 0 saturated heterocycles. The van der Waals surface area contributed by atoms with Crippen molar-refractivity contribution in [2.24, 2.45) is 5.73 Å². The molecule has 1 heterocycles. The molecule has 3 N–H and O–H groups in total. The molecule has 6 nitrogen and oxygen atoms in total. The summed E-state index contributed by atoms with van der Waals surface area (Å²) in [5.74, 6) is 0.125. The summed E-state index contributed by atoms with van der Waals surface area (Å²) in [6, 6.07) is 7.41. The maximum Gasteiger partial charge on any atom is 0.255 e. The van der Waals surface area contributed by atoms with Crippen molar-refractivity contribution < 1.29 is 9.53 Å². The summed E-state index contributed by atoms with van der Waals surface area (Å²) in [7, 11) is 0. The van der Waals surface area contributed by atoms with Crippen LogP contribution in [0.25, 0.3) is 0 Å². The van der Waals surface area contributed by atoms with Gasteiger partial charge in [-0.1, -0.05) is 12.1 Å². The molecule has 2 rings (SSSR count). The maximum absolute atomic E-state index is 10.6. The summed E-state index contributed by atoms with van der Waals surface area (Å²) < 4.78 is 5.17. The van der Waals surface area contributed by atoms with Gasteiger partial charge in [-0.05, 0) is 17.7 Å². The lowest BCUT2D eigenvalue weighted by Crippen LogP contribution is -2.19. The van der Waals surface area contributed by atoms with Crippen molar-refractivity contribution in [2.75, 3.05) is 11.9 Å². The Morgan fingerprint density at radius 3 is 2.53 bits per heavy atom. The minimum Gasteiger partial charge on any atom is -0.484 e. The van der Waals surface area contributed by atoms with Crippen molar-refractivity contribution in [2.45, 2.75) is 6.54 Å². The van der Waals surface area contributed by atoms with E-state index < -0.39 is 5.91 Å². The summed E-state index contributed by atoms with van der Waals surface area (Å²) in [6.07, 6.45) is 4.89. The van der Waals surface area contributed by atoms with Gasteiger partial charge in [-0.15, -0.1) is 0 Å². The van der Waals surface area contributed by atoms with E-state index in [0.717, 1.165) is 11.3 Å². The number of amides is 1. The zero-order chi connectivity index (χ0) is 13.5. The van der Waals surface area contributed by atoms with Crippen LogP contribution in [0.1, 0.15) is 5.56 Å². The molecule has 1 aromatic heterocycles. The molecule has 0 saturated carbocycles. The number of carbonyl (C=O) groups is 1. The standard InChI is InChI=1S/C13H14N4O2/c14-13(18)8-19-12-3-1-10(2-4-12)5-17-11-6-15-9-16-7-11/h1-4,6-7,9,17H,5,8H2,(H2,14,18). The number of primary amides is 1. The normalized spacial score (nSPS) is 9.89. The molecule has 0 spiro atoms. The third-order valence-corrected chi connectivity index (χ3v) is 2.36. The average molecular weight is 258 g/mol. The Bertz CT molecular complexity index is 528. The van der Waals surface area contributed by atoms with Crippen LogP contribution in [-0.2, 0) is 11.3 Å². The molecule has 98 valence electrons. The lowest BCUT2D eigenvalue weighted by molar-refractivity contribution is -0.119. The minimum absolute atomic E-state index is 0.112. The van der Waals surface area contributed by atoms with Crippen LogP contribution in [0.4, 0.5) is 5.69 Å². The van der Waals surface area contributed by atoms with Gasteiger partial charge in [-0.25, -0.2) is 9.97 Å². The number of ether oxygens (including phenoxy) is 1. The second-order valence-corrected chi connectivity index (χ2v) is 3.88. The highest BCUT2D eigenvalue weighted by atomic mass is 16.5. The van der Waals surface area contributed by atoms with Crippen LogP contribution < -0.4 is 15.8 Å². The highest BCUT2D eigenvalue weighted by Gasteiger charge is 1.98. The van der Waals surface area contributed by atoms with Crippen molar-refractivity contribution in [1.82, 2.24) is 9.97 Å². The van der Waals surface area contributed by atoms with Crippen molar-refractivity contribution in [3.05, 3.63) is 48.5 Å². The lowest BCUT2D eigenvalue weighted by Gasteiger charge is -2.07. The van der Waals surface area contributed by atoms with E-state index in [1.807, 2.05) is 12.1 Å². The monoisotopic (exact) mass is 258 g/mol. The van der Waals surface area contributed by atoms with Crippen LogP contribution >= 0.6 is 0 Å². The van der Waals surface area contributed by atoms with E-state index in [4.69, 9.17) is 10.5 Å². The fourth-order valence-electron chi connectivity index (χ4n) is 1.45. The van der Waals surface area contributed by atoms with Crippen molar-refractivity contribution >= 4 is 11.6 Å². The molecule has 0 aliphatic rings. The van der Waals surface area contributed by atoms with Crippen LogP contribution in [0.5, 0.6) is 5.75 Å². The van der Waals surface area contributed by atoms with Gasteiger partial charge in [0.2, 0.25) is 0 Å². The number of benzene rings is 1. The first-order valence-corrected chi connectivity index (χ1v) is 5.73. The van der Waals surface area contributed by atoms with Crippen LogP contribution in [-0.4, -0.2) is 22.5 Å². The van der Waals surface area contributed by atoms with Crippen LogP contribution in [0.15, 0.2) is 43.0 Å². The quantitative estimate of drug-likeness (QED) is 0.805. The number of hydrogen-bond acceptors (Lipinski definition) is 5. The van der Waals surface area contributed by atoms with Gasteiger partial charge in [-0.2, -0.15) is 0 Å². The summed E-state index contributed by atoms with van der Waals surface area (Å²) in [5.41, 5.74) is 6.93. The van der Waals surface area contributed by atoms with Gasteiger partial charge in [0.05, 0.1) is 18.1 Å². The third-order valence-electron chi connectivity index (χ3n) is 2.36. The minimum atomic E-state index is -0.491. The molecular weight excluding hydrogens is 244 g/mol. The Hall–Kier alpha value is -2.63. The summed E-state index contributed by atoms with van der Waals surface area (Å²) in [4.78, 5) is 18.4. The predicted molar refractivity (Wildman–Crippen MR) is 70.5 cm³/mol. The van der Waals surface area contributed by atoms with Crippen molar-refractivity contribution in [3.8, 4) is 5.75 Å². The Kier molecular flexibility index (Phi) is 4.28. The maximum atomic E-state index is 10.6. The second-order valence-electron chi connectivity index (χ2n) is 3.88. The first-order valence-electron chi connectivity index (χ1n) is 5.73. The van der Waals surface area contributed by atoms with Gasteiger partial charge in [0.15, 0.2) is 6.61 Å². The van der Waals surface area contributed by atoms with Gasteiger partial charge in [0.1, 0.15) is 12.1 Å². The Balaban J connectivity index is 1.86. The highest BCUT2D eigenvalue weighted by molar-refractivity contribution is 5.75. The smallest absolute Gasteiger partial charge is 0.255 e. The van der Waals surface area contributed by atoms with Gasteiger partial charge in [-0.3, -0.25) is 4.79 Å². The molecular formula is C13H14N4O2. The van der Waals surface area contributed by atoms with Gasteiger partial charge >= 0.3 is 0 Å². The summed E-state index contributed by atoms with van der Waals surface area (Å²) >= 11 is 0. The largest absolute Gasteiger partial charge is 0.484 e. The van der Waals surface area contributed by atoms with Gasteiger partial charge in [0, 0.05) is 6.54 Å². The molecule has 1 amide bonds. The van der Waals surface area contributed by atoms with E-state index in [1.54, 1.807) is 24.5 Å². The number of nitrogens with two attached hydrogens (primary N) is 1. The fourth-order valence-corrected chi connectivity index (χ4v) is 1.45. The molecule has 19 heavy (non-hydrogen) atoms. The molecule has 1 aromatic carbocycles. The molecule has 0 atom stereocenters. The zero-order valence-corrected chi connectivity index (χ0v) is 10.2. The van der Waals surface area contributed by atoms with Gasteiger partial charge < -0.3 is 15.8 Å². The van der Waals surface area contributed by atoms with E-state index in [9.17, 15) is 4.79 Å². The van der Waals surface area contributed by atoms with Crippen LogP contribution in [0.3, 0.4) is 0 Å². The SMILES string of the molecule is NC(=O)COc1ccc(CNc2cncnc2)cc1. The molecule has 0 aliphatic carbocycles. The average Bonchev–Trinajstić information content (AvgIpc) is 2.45. The first-order chi connectivity index (χ1) is 9.24. The van der Waals surface area contributed by atoms with E-state index >= 15 is 0 Å². The Morgan fingerprint density at radius 2 is 1.89 bits per heavy atom. The molecule has 0 unspecified atom stereocenters. The van der Waals surface area contributed by atoms with E-state index in [0.29, 0.717) is 12.3 Å². The number of nitrogens with zero attached hydrogens (tertiary/aromatic N) is 2. The van der Waals surface area contributed by atoms with Crippen LogP contribution in [0.2, 0.25) is 0 Å². The van der Waals surface area contributed by atoms with E-state index in [1.165, 1.54) is 6.33 Å². The summed E-state index contributed by atoms with van der Waals surface area (Å²) in [5, 5.41) is 3.19. The predicted octanol–water partition coefficient (Wildman–Crippen LogP) is 0.953. The molecule has 6 heteroatoms. The van der Waals surface area contributed by atoms with E-state index in [-0.39, 0.29) is 6.61 Å². The number of anilines is 1. The number of aromatic nitrogens is 2. The summed E-state index contributed by atoms with van der Waals surface area (Å²) in [6.45, 7) is 0.544. The Morgan fingerprint density at radius 1 is 1.21 bits per heavy atom. The number of hydrogen-bond donors (Lipinski definition) is 2. The van der Waals surface area contributed by atoms with E-state index in [2.05, 4.69) is 15.3 Å². The second kappa shape index (κ2) is 6.34. The zero-order valence-electron chi connectivity index (χ0n) is 10.2. The van der Waals surface area contributed by atoms with Crippen LogP contribution in [0, 0.1) is 0 Å². The highest BCUT2D eigenvalue weighted by Crippen LogP contribution is 2.13. The first kappa shape index (κ1) is 12.8. The molecule has 0 bridgehead atoms. The lowest BCUT2D eigenvalue weighted by atomic mass is 10.2. The molecule has 2 aromatic rings. The molecule has 0 radical (unpaired) electrons. The van der Waals surface area contributed by atoms with Crippen molar-refractivity contribution in [1.29, 1.82) is 0 Å². The third kappa shape index (κ3) is 4.27. The van der Waals surface area contributed by atoms with Crippen molar-refractivity contribution in [3.63, 3.8) is 0 Å². The number of carbonyl (C=O) groups excluding carboxylic acids is 1. The van der Waals surface area contributed by atoms with Gasteiger partial charge in [0.25, 0.3) is 5.91 Å². The fraction of sp³-hybridized carbons (Fsp3) is 0.154. The topological polar surface area (TPSA) is 90.1 Å². The Labute approximate surface area is 110 Å². The number of nitrogens with one attached hydrogen (secondary N) is 1. The molecule has 0 aliphatic heterocycles.